The molecular formula is C38H74O2. The lowest BCUT2D eigenvalue weighted by molar-refractivity contribution is -0.148. The summed E-state index contributed by atoms with van der Waals surface area (Å²) in [6.07, 6.45) is 36.5. The Bertz CT molecular complexity index is 554. The molecule has 238 valence electrons. The summed E-state index contributed by atoms with van der Waals surface area (Å²) in [6, 6.07) is 0. The largest absolute Gasteiger partial charge is 0.465 e. The Labute approximate surface area is 253 Å². The van der Waals surface area contributed by atoms with Gasteiger partial charge in [-0.3, -0.25) is 4.79 Å². The third-order valence-electron chi connectivity index (χ3n) is 8.72. The van der Waals surface area contributed by atoms with Gasteiger partial charge in [0.25, 0.3) is 0 Å². The van der Waals surface area contributed by atoms with Gasteiger partial charge in [-0.05, 0) is 69.1 Å². The van der Waals surface area contributed by atoms with Crippen molar-refractivity contribution in [3.63, 3.8) is 0 Å². The SMILES string of the molecule is CCCCCCCC/C=C/CCCCCCCCC(C)CC(C)CC(C)CC(C)C(=O)OCCCCCCCC. The number of ether oxygens (including phenoxy) is 1. The molecule has 4 unspecified atom stereocenters. The minimum absolute atomic E-state index is 0.0152. The topological polar surface area (TPSA) is 26.3 Å². The Morgan fingerprint density at radius 2 is 0.950 bits per heavy atom. The molecule has 0 N–H and O–H groups in total. The van der Waals surface area contributed by atoms with Crippen molar-refractivity contribution < 1.29 is 9.53 Å². The first-order valence-corrected chi connectivity index (χ1v) is 18.2. The number of carbonyl (C=O) groups is 1. The standard InChI is InChI=1S/C38H74O2/c1-7-9-11-13-15-16-17-18-19-20-21-22-23-24-25-27-29-34(3)31-35(4)32-36(5)33-37(6)38(39)40-30-28-26-14-12-10-8-2/h18-19,34-37H,7-17,20-33H2,1-6H3/b19-18+. The van der Waals surface area contributed by atoms with Gasteiger partial charge in [-0.15, -0.1) is 0 Å². The maximum atomic E-state index is 12.4. The van der Waals surface area contributed by atoms with E-state index in [9.17, 15) is 4.79 Å². The average Bonchev–Trinajstić information content (AvgIpc) is 2.91. The highest BCUT2D eigenvalue weighted by Crippen LogP contribution is 2.27. The van der Waals surface area contributed by atoms with Crippen molar-refractivity contribution in [1.29, 1.82) is 0 Å². The minimum atomic E-state index is 0.0152. The molecule has 4 atom stereocenters. The van der Waals surface area contributed by atoms with Crippen LogP contribution in [0.2, 0.25) is 0 Å². The summed E-state index contributed by atoms with van der Waals surface area (Å²) < 4.78 is 5.56. The highest BCUT2D eigenvalue weighted by Gasteiger charge is 2.20. The molecule has 0 bridgehead atoms. The van der Waals surface area contributed by atoms with Gasteiger partial charge in [-0.2, -0.15) is 0 Å². The van der Waals surface area contributed by atoms with Crippen LogP contribution in [-0.2, 0) is 9.53 Å². The second-order valence-corrected chi connectivity index (χ2v) is 13.6. The fourth-order valence-corrected chi connectivity index (χ4v) is 6.32. The molecule has 0 aromatic heterocycles. The van der Waals surface area contributed by atoms with E-state index in [4.69, 9.17) is 4.74 Å². The molecule has 0 aromatic carbocycles. The van der Waals surface area contributed by atoms with Gasteiger partial charge < -0.3 is 4.74 Å². The van der Waals surface area contributed by atoms with Gasteiger partial charge >= 0.3 is 5.97 Å². The van der Waals surface area contributed by atoms with Gasteiger partial charge in [-0.1, -0.05) is 156 Å². The highest BCUT2D eigenvalue weighted by molar-refractivity contribution is 5.71. The summed E-state index contributed by atoms with van der Waals surface area (Å²) in [7, 11) is 0. The van der Waals surface area contributed by atoms with Crippen LogP contribution in [0.4, 0.5) is 0 Å². The first kappa shape index (κ1) is 39.2. The molecule has 0 aromatic rings. The van der Waals surface area contributed by atoms with E-state index in [1.54, 1.807) is 0 Å². The van der Waals surface area contributed by atoms with Gasteiger partial charge in [0.15, 0.2) is 0 Å². The Balaban J connectivity index is 3.66. The lowest BCUT2D eigenvalue weighted by atomic mass is 9.84. The van der Waals surface area contributed by atoms with Crippen molar-refractivity contribution in [3.8, 4) is 0 Å². The lowest BCUT2D eigenvalue weighted by Crippen LogP contribution is -2.19. The van der Waals surface area contributed by atoms with Gasteiger partial charge in [0.05, 0.1) is 12.5 Å². The number of esters is 1. The molecule has 0 fully saturated rings. The van der Waals surface area contributed by atoms with Crippen LogP contribution in [0.25, 0.3) is 0 Å². The van der Waals surface area contributed by atoms with E-state index >= 15 is 0 Å². The molecule has 0 heterocycles. The van der Waals surface area contributed by atoms with E-state index in [-0.39, 0.29) is 11.9 Å². The summed E-state index contributed by atoms with van der Waals surface area (Å²) in [5.74, 6) is 2.19. The van der Waals surface area contributed by atoms with Crippen LogP contribution in [-0.4, -0.2) is 12.6 Å². The Hall–Kier alpha value is -0.790. The van der Waals surface area contributed by atoms with Gasteiger partial charge in [0.2, 0.25) is 0 Å². The van der Waals surface area contributed by atoms with Crippen LogP contribution in [0.15, 0.2) is 12.2 Å². The van der Waals surface area contributed by atoms with E-state index in [1.807, 2.05) is 0 Å². The maximum absolute atomic E-state index is 12.4. The van der Waals surface area contributed by atoms with Gasteiger partial charge in [-0.25, -0.2) is 0 Å². The van der Waals surface area contributed by atoms with Crippen molar-refractivity contribution in [2.45, 2.75) is 196 Å². The molecule has 0 aliphatic carbocycles. The minimum Gasteiger partial charge on any atom is -0.465 e. The van der Waals surface area contributed by atoms with Crippen LogP contribution in [0.5, 0.6) is 0 Å². The second kappa shape index (κ2) is 29.7. The van der Waals surface area contributed by atoms with Crippen molar-refractivity contribution in [2.75, 3.05) is 6.61 Å². The molecule has 0 saturated heterocycles. The van der Waals surface area contributed by atoms with Gasteiger partial charge in [0.1, 0.15) is 0 Å². The van der Waals surface area contributed by atoms with Crippen LogP contribution >= 0.6 is 0 Å². The molecule has 0 amide bonds. The smallest absolute Gasteiger partial charge is 0.308 e. The third kappa shape index (κ3) is 27.4. The zero-order valence-corrected chi connectivity index (χ0v) is 28.5. The molecular weight excluding hydrogens is 488 g/mol. The number of hydrogen-bond acceptors (Lipinski definition) is 2. The fraction of sp³-hybridized carbons (Fsp3) is 0.921. The van der Waals surface area contributed by atoms with E-state index < -0.39 is 0 Å². The quantitative estimate of drug-likeness (QED) is 0.0494. The molecule has 40 heavy (non-hydrogen) atoms. The number of allylic oxidation sites excluding steroid dienone is 2. The molecule has 0 rings (SSSR count). The summed E-state index contributed by atoms with van der Waals surface area (Å²) in [4.78, 5) is 12.4. The van der Waals surface area contributed by atoms with Crippen molar-refractivity contribution in [1.82, 2.24) is 0 Å². The van der Waals surface area contributed by atoms with E-state index in [0.717, 1.165) is 24.7 Å². The second-order valence-electron chi connectivity index (χ2n) is 13.6. The van der Waals surface area contributed by atoms with Crippen LogP contribution in [0.1, 0.15) is 196 Å². The van der Waals surface area contributed by atoms with E-state index in [0.29, 0.717) is 12.5 Å². The van der Waals surface area contributed by atoms with Gasteiger partial charge in [0, 0.05) is 0 Å². The Morgan fingerprint density at radius 3 is 1.50 bits per heavy atom. The van der Waals surface area contributed by atoms with Crippen molar-refractivity contribution in [3.05, 3.63) is 12.2 Å². The summed E-state index contributed by atoms with van der Waals surface area (Å²) in [5, 5.41) is 0. The summed E-state index contributed by atoms with van der Waals surface area (Å²) in [5.41, 5.74) is 0. The lowest BCUT2D eigenvalue weighted by Gasteiger charge is -2.22. The monoisotopic (exact) mass is 563 g/mol. The predicted octanol–water partition coefficient (Wildman–Crippen LogP) is 13.0. The van der Waals surface area contributed by atoms with Crippen LogP contribution < -0.4 is 0 Å². The van der Waals surface area contributed by atoms with Crippen molar-refractivity contribution >= 4 is 5.97 Å². The number of hydrogen-bond donors (Lipinski definition) is 0. The molecule has 0 aliphatic heterocycles. The maximum Gasteiger partial charge on any atom is 0.308 e. The number of rotatable bonds is 30. The zero-order chi connectivity index (χ0) is 29.7. The molecule has 0 spiro atoms. The fourth-order valence-electron chi connectivity index (χ4n) is 6.32. The molecule has 2 nitrogen and oxygen atoms in total. The molecule has 0 aliphatic rings. The molecule has 0 saturated carbocycles. The normalized spacial score (nSPS) is 14.8. The first-order valence-electron chi connectivity index (χ1n) is 18.2. The van der Waals surface area contributed by atoms with Crippen LogP contribution in [0.3, 0.4) is 0 Å². The Morgan fingerprint density at radius 1 is 0.525 bits per heavy atom. The summed E-state index contributed by atoms with van der Waals surface area (Å²) in [6.45, 7) is 14.4. The Kier molecular flexibility index (Phi) is 29.1. The first-order chi connectivity index (χ1) is 19.4. The number of carbonyl (C=O) groups excluding carboxylic acids is 1. The predicted molar refractivity (Wildman–Crippen MR) is 179 cm³/mol. The number of unbranched alkanes of at least 4 members (excludes halogenated alkanes) is 17. The van der Waals surface area contributed by atoms with Crippen LogP contribution in [0, 0.1) is 23.7 Å². The van der Waals surface area contributed by atoms with Crippen molar-refractivity contribution in [2.24, 2.45) is 23.7 Å². The summed E-state index contributed by atoms with van der Waals surface area (Å²) >= 11 is 0. The zero-order valence-electron chi connectivity index (χ0n) is 28.5. The van der Waals surface area contributed by atoms with E-state index in [1.165, 1.54) is 141 Å². The molecule has 0 radical (unpaired) electrons. The average molecular weight is 563 g/mol. The molecule has 2 heteroatoms. The third-order valence-corrected chi connectivity index (χ3v) is 8.72. The highest BCUT2D eigenvalue weighted by atomic mass is 16.5. The van der Waals surface area contributed by atoms with E-state index in [2.05, 4.69) is 53.7 Å².